The average molecular weight is 310 g/mol. The SMILES string of the molecule is Nc1cc(Oc2ccc([N+](=O)[O-])c(Cl)c2)cc([N+](=O)[O-])c1. The maximum absolute atomic E-state index is 10.7. The van der Waals surface area contributed by atoms with Crippen molar-refractivity contribution in [2.75, 3.05) is 5.73 Å². The van der Waals surface area contributed by atoms with Crippen LogP contribution in [0.25, 0.3) is 0 Å². The number of benzene rings is 2. The Bertz CT molecular complexity index is 735. The van der Waals surface area contributed by atoms with E-state index in [9.17, 15) is 20.2 Å². The summed E-state index contributed by atoms with van der Waals surface area (Å²) in [7, 11) is 0. The van der Waals surface area contributed by atoms with Gasteiger partial charge in [0.15, 0.2) is 0 Å². The Morgan fingerprint density at radius 1 is 1.00 bits per heavy atom. The van der Waals surface area contributed by atoms with Crippen molar-refractivity contribution in [1.29, 1.82) is 0 Å². The molecule has 0 aromatic heterocycles. The number of halogens is 1. The molecule has 0 saturated carbocycles. The average Bonchev–Trinajstić information content (AvgIpc) is 2.37. The molecule has 0 aliphatic carbocycles. The van der Waals surface area contributed by atoms with Crippen molar-refractivity contribution >= 4 is 28.7 Å². The topological polar surface area (TPSA) is 122 Å². The highest BCUT2D eigenvalue weighted by Gasteiger charge is 2.14. The number of ether oxygens (including phenoxy) is 1. The lowest BCUT2D eigenvalue weighted by atomic mass is 10.2. The molecule has 0 unspecified atom stereocenters. The molecule has 2 aromatic carbocycles. The number of nitrogens with zero attached hydrogens (tertiary/aromatic N) is 2. The fourth-order valence-corrected chi connectivity index (χ4v) is 1.84. The number of nitrogen functional groups attached to an aromatic ring is 1. The molecule has 0 atom stereocenters. The monoisotopic (exact) mass is 309 g/mol. The van der Waals surface area contributed by atoms with Crippen LogP contribution in [0, 0.1) is 20.2 Å². The van der Waals surface area contributed by atoms with Crippen LogP contribution in [0.2, 0.25) is 5.02 Å². The van der Waals surface area contributed by atoms with Gasteiger partial charge in [0.2, 0.25) is 0 Å². The molecule has 0 amide bonds. The van der Waals surface area contributed by atoms with Crippen molar-refractivity contribution in [2.24, 2.45) is 0 Å². The van der Waals surface area contributed by atoms with Gasteiger partial charge >= 0.3 is 0 Å². The zero-order valence-corrected chi connectivity index (χ0v) is 11.1. The minimum absolute atomic E-state index is 0.101. The van der Waals surface area contributed by atoms with E-state index in [1.54, 1.807) is 0 Å². The van der Waals surface area contributed by atoms with Crippen molar-refractivity contribution in [2.45, 2.75) is 0 Å². The summed E-state index contributed by atoms with van der Waals surface area (Å²) < 4.78 is 5.37. The number of rotatable bonds is 4. The third-order valence-electron chi connectivity index (χ3n) is 2.48. The Morgan fingerprint density at radius 3 is 2.29 bits per heavy atom. The molecule has 2 N–H and O–H groups in total. The summed E-state index contributed by atoms with van der Waals surface area (Å²) in [5.74, 6) is 0.331. The van der Waals surface area contributed by atoms with E-state index in [2.05, 4.69) is 0 Å². The Hall–Kier alpha value is -2.87. The summed E-state index contributed by atoms with van der Waals surface area (Å²) in [4.78, 5) is 20.1. The molecule has 0 saturated heterocycles. The van der Waals surface area contributed by atoms with Crippen LogP contribution in [0.3, 0.4) is 0 Å². The molecule has 0 spiro atoms. The molecular weight excluding hydrogens is 302 g/mol. The third-order valence-corrected chi connectivity index (χ3v) is 2.78. The van der Waals surface area contributed by atoms with E-state index in [-0.39, 0.29) is 33.6 Å². The van der Waals surface area contributed by atoms with Crippen molar-refractivity contribution in [3.05, 3.63) is 61.6 Å². The van der Waals surface area contributed by atoms with Gasteiger partial charge in [-0.25, -0.2) is 0 Å². The second kappa shape index (κ2) is 5.63. The second-order valence-electron chi connectivity index (χ2n) is 3.99. The van der Waals surface area contributed by atoms with E-state index >= 15 is 0 Å². The van der Waals surface area contributed by atoms with E-state index in [1.807, 2.05) is 0 Å². The minimum atomic E-state index is -0.628. The van der Waals surface area contributed by atoms with Crippen molar-refractivity contribution in [3.63, 3.8) is 0 Å². The number of nitro groups is 2. The number of anilines is 1. The molecule has 0 bridgehead atoms. The fraction of sp³-hybridized carbons (Fsp3) is 0. The maximum Gasteiger partial charge on any atom is 0.288 e. The fourth-order valence-electron chi connectivity index (χ4n) is 1.61. The third kappa shape index (κ3) is 3.37. The molecule has 0 fully saturated rings. The zero-order chi connectivity index (χ0) is 15.6. The first kappa shape index (κ1) is 14.5. The van der Waals surface area contributed by atoms with Gasteiger partial charge in [-0.05, 0) is 6.07 Å². The Labute approximate surface area is 123 Å². The molecule has 8 nitrogen and oxygen atoms in total. The normalized spacial score (nSPS) is 10.1. The predicted octanol–water partition coefficient (Wildman–Crippen LogP) is 3.53. The highest BCUT2D eigenvalue weighted by Crippen LogP contribution is 2.33. The standard InChI is InChI=1S/C12H8ClN3O5/c13-11-6-9(1-2-12(11)16(19)20)21-10-4-7(14)3-8(5-10)15(17)18/h1-6H,14H2. The highest BCUT2D eigenvalue weighted by atomic mass is 35.5. The summed E-state index contributed by atoms with van der Waals surface area (Å²) >= 11 is 5.75. The van der Waals surface area contributed by atoms with Crippen LogP contribution in [-0.2, 0) is 0 Å². The highest BCUT2D eigenvalue weighted by molar-refractivity contribution is 6.32. The lowest BCUT2D eigenvalue weighted by Crippen LogP contribution is -1.94. The van der Waals surface area contributed by atoms with Gasteiger partial charge in [-0.1, -0.05) is 11.6 Å². The molecular formula is C12H8ClN3O5. The van der Waals surface area contributed by atoms with E-state index in [1.165, 1.54) is 36.4 Å². The van der Waals surface area contributed by atoms with Crippen LogP contribution in [0.5, 0.6) is 11.5 Å². The first-order valence-corrected chi connectivity index (χ1v) is 5.91. The lowest BCUT2D eigenvalue weighted by molar-refractivity contribution is -0.385. The van der Waals surface area contributed by atoms with Crippen LogP contribution in [0.4, 0.5) is 17.1 Å². The Morgan fingerprint density at radius 2 is 1.71 bits per heavy atom. The number of hydrogen-bond acceptors (Lipinski definition) is 6. The molecule has 0 aliphatic heterocycles. The minimum Gasteiger partial charge on any atom is -0.457 e. The molecule has 9 heteroatoms. The molecule has 0 heterocycles. The Kier molecular flexibility index (Phi) is 3.90. The van der Waals surface area contributed by atoms with E-state index in [0.717, 1.165) is 0 Å². The number of nitro benzene ring substituents is 2. The van der Waals surface area contributed by atoms with Gasteiger partial charge in [0, 0.05) is 30.0 Å². The van der Waals surface area contributed by atoms with Gasteiger partial charge in [-0.3, -0.25) is 20.2 Å². The lowest BCUT2D eigenvalue weighted by Gasteiger charge is -2.07. The number of nitrogens with two attached hydrogens (primary N) is 1. The molecule has 0 aliphatic rings. The summed E-state index contributed by atoms with van der Waals surface area (Å²) in [6.45, 7) is 0. The van der Waals surface area contributed by atoms with Crippen LogP contribution in [0.1, 0.15) is 0 Å². The van der Waals surface area contributed by atoms with Crippen molar-refractivity contribution in [1.82, 2.24) is 0 Å². The van der Waals surface area contributed by atoms with Gasteiger partial charge in [0.25, 0.3) is 11.4 Å². The first-order chi connectivity index (χ1) is 9.86. The quantitative estimate of drug-likeness (QED) is 0.523. The van der Waals surface area contributed by atoms with Crippen LogP contribution < -0.4 is 10.5 Å². The predicted molar refractivity (Wildman–Crippen MR) is 75.7 cm³/mol. The van der Waals surface area contributed by atoms with Gasteiger partial charge in [-0.15, -0.1) is 0 Å². The zero-order valence-electron chi connectivity index (χ0n) is 10.4. The summed E-state index contributed by atoms with van der Waals surface area (Å²) in [5, 5.41) is 21.3. The van der Waals surface area contributed by atoms with Crippen molar-refractivity contribution in [3.8, 4) is 11.5 Å². The maximum atomic E-state index is 10.7. The summed E-state index contributed by atoms with van der Waals surface area (Å²) in [5.41, 5.74) is 5.22. The molecule has 2 aromatic rings. The molecule has 2 rings (SSSR count). The number of non-ortho nitro benzene ring substituents is 1. The van der Waals surface area contributed by atoms with Crippen molar-refractivity contribution < 1.29 is 14.6 Å². The van der Waals surface area contributed by atoms with E-state index < -0.39 is 9.85 Å². The Balaban J connectivity index is 2.32. The van der Waals surface area contributed by atoms with E-state index in [4.69, 9.17) is 22.1 Å². The number of hydrogen-bond donors (Lipinski definition) is 1. The molecule has 108 valence electrons. The van der Waals surface area contributed by atoms with Gasteiger partial charge in [-0.2, -0.15) is 0 Å². The molecule has 21 heavy (non-hydrogen) atoms. The van der Waals surface area contributed by atoms with Crippen LogP contribution >= 0.6 is 11.6 Å². The summed E-state index contributed by atoms with van der Waals surface area (Å²) in [6.07, 6.45) is 0. The summed E-state index contributed by atoms with van der Waals surface area (Å²) in [6, 6.07) is 7.52. The van der Waals surface area contributed by atoms with Crippen LogP contribution in [-0.4, -0.2) is 9.85 Å². The first-order valence-electron chi connectivity index (χ1n) is 5.53. The van der Waals surface area contributed by atoms with Gasteiger partial charge in [0.05, 0.1) is 15.9 Å². The largest absolute Gasteiger partial charge is 0.457 e. The van der Waals surface area contributed by atoms with Gasteiger partial charge < -0.3 is 10.5 Å². The van der Waals surface area contributed by atoms with Gasteiger partial charge in [0.1, 0.15) is 16.5 Å². The second-order valence-corrected chi connectivity index (χ2v) is 4.40. The van der Waals surface area contributed by atoms with Crippen LogP contribution in [0.15, 0.2) is 36.4 Å². The molecule has 0 radical (unpaired) electrons. The smallest absolute Gasteiger partial charge is 0.288 e. The van der Waals surface area contributed by atoms with E-state index in [0.29, 0.717) is 0 Å².